The fraction of sp³-hybridized carbons (Fsp3) is 0.231. The van der Waals surface area contributed by atoms with Crippen molar-refractivity contribution >= 4 is 22.8 Å². The van der Waals surface area contributed by atoms with Gasteiger partial charge in [0.15, 0.2) is 0 Å². The number of aromatic amines is 1. The second-order valence-corrected chi connectivity index (χ2v) is 4.43. The van der Waals surface area contributed by atoms with E-state index in [4.69, 9.17) is 5.11 Å². The van der Waals surface area contributed by atoms with E-state index in [2.05, 4.69) is 10.3 Å². The number of carbonyl (C=O) groups is 2. The molecule has 1 amide bonds. The molecule has 1 atom stereocenters. The number of fused-ring (bicyclic) bond motifs is 1. The average molecular weight is 262 g/mol. The second-order valence-electron chi connectivity index (χ2n) is 4.43. The number of hydrogen-bond donors (Lipinski definition) is 4. The van der Waals surface area contributed by atoms with Crippen LogP contribution in [0.3, 0.4) is 0 Å². The van der Waals surface area contributed by atoms with Crippen molar-refractivity contribution in [1.29, 1.82) is 0 Å². The van der Waals surface area contributed by atoms with Gasteiger partial charge < -0.3 is 20.5 Å². The molecule has 2 aromatic rings. The molecule has 2 rings (SSSR count). The first-order valence-electron chi connectivity index (χ1n) is 5.80. The van der Waals surface area contributed by atoms with Crippen LogP contribution in [-0.2, 0) is 4.79 Å². The summed E-state index contributed by atoms with van der Waals surface area (Å²) in [5, 5.41) is 21.3. The maximum atomic E-state index is 11.9. The van der Waals surface area contributed by atoms with Crippen LogP contribution < -0.4 is 5.32 Å². The number of benzene rings is 1. The molecule has 0 aliphatic rings. The van der Waals surface area contributed by atoms with Crippen LogP contribution in [0.2, 0.25) is 0 Å². The van der Waals surface area contributed by atoms with Crippen LogP contribution >= 0.6 is 0 Å². The van der Waals surface area contributed by atoms with Gasteiger partial charge in [0.25, 0.3) is 5.91 Å². The number of phenolic OH excluding ortho intramolecular Hbond substituents is 1. The lowest BCUT2D eigenvalue weighted by molar-refractivity contribution is -0.137. The molecule has 6 nitrogen and oxygen atoms in total. The Kier molecular flexibility index (Phi) is 3.41. The van der Waals surface area contributed by atoms with E-state index in [1.807, 2.05) is 0 Å². The van der Waals surface area contributed by atoms with E-state index < -0.39 is 12.0 Å². The zero-order valence-corrected chi connectivity index (χ0v) is 10.3. The van der Waals surface area contributed by atoms with Crippen LogP contribution in [0.15, 0.2) is 24.3 Å². The Morgan fingerprint density at radius 2 is 2.11 bits per heavy atom. The van der Waals surface area contributed by atoms with Gasteiger partial charge in [-0.2, -0.15) is 0 Å². The number of hydrogen-bond acceptors (Lipinski definition) is 3. The van der Waals surface area contributed by atoms with Gasteiger partial charge in [0.05, 0.1) is 6.42 Å². The van der Waals surface area contributed by atoms with Crippen molar-refractivity contribution in [2.24, 2.45) is 0 Å². The number of rotatable bonds is 4. The Labute approximate surface area is 109 Å². The van der Waals surface area contributed by atoms with Crippen LogP contribution in [0.5, 0.6) is 5.75 Å². The van der Waals surface area contributed by atoms with Gasteiger partial charge in [-0.1, -0.05) is 0 Å². The van der Waals surface area contributed by atoms with Gasteiger partial charge in [-0.25, -0.2) is 0 Å². The number of carboxylic acid groups (broad SMARTS) is 1. The van der Waals surface area contributed by atoms with Gasteiger partial charge >= 0.3 is 5.97 Å². The lowest BCUT2D eigenvalue weighted by atomic mass is 10.2. The summed E-state index contributed by atoms with van der Waals surface area (Å²) >= 11 is 0. The number of phenols is 1. The fourth-order valence-corrected chi connectivity index (χ4v) is 1.86. The minimum atomic E-state index is -0.964. The molecule has 19 heavy (non-hydrogen) atoms. The van der Waals surface area contributed by atoms with Crippen LogP contribution in [0.1, 0.15) is 23.8 Å². The molecule has 0 radical (unpaired) electrons. The van der Waals surface area contributed by atoms with E-state index in [9.17, 15) is 14.7 Å². The number of carbonyl (C=O) groups excluding carboxylic acids is 1. The molecule has 1 heterocycles. The topological polar surface area (TPSA) is 102 Å². The number of aromatic nitrogens is 1. The van der Waals surface area contributed by atoms with Crippen molar-refractivity contribution in [2.45, 2.75) is 19.4 Å². The molecule has 4 N–H and O–H groups in total. The molecule has 0 fully saturated rings. The third-order valence-corrected chi connectivity index (χ3v) is 2.71. The Morgan fingerprint density at radius 3 is 2.79 bits per heavy atom. The molecule has 100 valence electrons. The lowest BCUT2D eigenvalue weighted by Crippen LogP contribution is -2.34. The standard InChI is InChI=1S/C13H14N2O4/c1-7(4-12(17)18)14-13(19)11-6-8-5-9(16)2-3-10(8)15-11/h2-3,5-7,15-16H,4H2,1H3,(H,14,19)(H,17,18). The predicted octanol–water partition coefficient (Wildman–Crippen LogP) is 1.47. The zero-order chi connectivity index (χ0) is 14.0. The van der Waals surface area contributed by atoms with Crippen LogP contribution in [0, 0.1) is 0 Å². The monoisotopic (exact) mass is 262 g/mol. The van der Waals surface area contributed by atoms with Gasteiger partial charge in [-0.3, -0.25) is 9.59 Å². The Morgan fingerprint density at radius 1 is 1.37 bits per heavy atom. The van der Waals surface area contributed by atoms with Crippen molar-refractivity contribution in [2.75, 3.05) is 0 Å². The van der Waals surface area contributed by atoms with Crippen molar-refractivity contribution in [3.8, 4) is 5.75 Å². The summed E-state index contributed by atoms with van der Waals surface area (Å²) in [6.07, 6.45) is -0.132. The highest BCUT2D eigenvalue weighted by atomic mass is 16.4. The molecule has 0 aliphatic carbocycles. The maximum absolute atomic E-state index is 11.9. The molecular weight excluding hydrogens is 248 g/mol. The Balaban J connectivity index is 2.15. The molecule has 1 aromatic heterocycles. The third kappa shape index (κ3) is 3.04. The maximum Gasteiger partial charge on any atom is 0.305 e. The quantitative estimate of drug-likeness (QED) is 0.670. The lowest BCUT2D eigenvalue weighted by Gasteiger charge is -2.10. The molecule has 0 spiro atoms. The normalized spacial score (nSPS) is 12.3. The van der Waals surface area contributed by atoms with E-state index in [0.717, 1.165) is 10.9 Å². The van der Waals surface area contributed by atoms with E-state index in [-0.39, 0.29) is 18.1 Å². The fourth-order valence-electron chi connectivity index (χ4n) is 1.86. The van der Waals surface area contributed by atoms with E-state index in [1.54, 1.807) is 25.1 Å². The summed E-state index contributed by atoms with van der Waals surface area (Å²) in [6, 6.07) is 5.89. The zero-order valence-electron chi connectivity index (χ0n) is 10.3. The summed E-state index contributed by atoms with van der Waals surface area (Å²) < 4.78 is 0. The van der Waals surface area contributed by atoms with Gasteiger partial charge in [0, 0.05) is 16.9 Å². The van der Waals surface area contributed by atoms with Gasteiger partial charge in [-0.05, 0) is 31.2 Å². The summed E-state index contributed by atoms with van der Waals surface area (Å²) in [7, 11) is 0. The third-order valence-electron chi connectivity index (χ3n) is 2.71. The van der Waals surface area contributed by atoms with E-state index in [0.29, 0.717) is 5.69 Å². The van der Waals surface area contributed by atoms with Crippen molar-refractivity contribution in [3.05, 3.63) is 30.0 Å². The van der Waals surface area contributed by atoms with Gasteiger partial charge in [-0.15, -0.1) is 0 Å². The SMILES string of the molecule is CC(CC(=O)O)NC(=O)c1cc2cc(O)ccc2[nH]1. The summed E-state index contributed by atoms with van der Waals surface area (Å²) in [6.45, 7) is 1.63. The highest BCUT2D eigenvalue weighted by Gasteiger charge is 2.14. The van der Waals surface area contributed by atoms with Gasteiger partial charge in [0.1, 0.15) is 11.4 Å². The summed E-state index contributed by atoms with van der Waals surface area (Å²) in [4.78, 5) is 25.3. The number of aliphatic carboxylic acids is 1. The number of amides is 1. The van der Waals surface area contributed by atoms with Crippen LogP contribution in [0.4, 0.5) is 0 Å². The molecule has 6 heteroatoms. The second kappa shape index (κ2) is 5.01. The number of nitrogens with one attached hydrogen (secondary N) is 2. The van der Waals surface area contributed by atoms with Crippen molar-refractivity contribution in [3.63, 3.8) is 0 Å². The molecule has 0 saturated heterocycles. The molecule has 0 saturated carbocycles. The Hall–Kier alpha value is -2.50. The number of carboxylic acids is 1. The molecule has 1 aromatic carbocycles. The minimum Gasteiger partial charge on any atom is -0.508 e. The van der Waals surface area contributed by atoms with E-state index in [1.165, 1.54) is 6.07 Å². The minimum absolute atomic E-state index is 0.123. The van der Waals surface area contributed by atoms with E-state index >= 15 is 0 Å². The van der Waals surface area contributed by atoms with Crippen LogP contribution in [0.25, 0.3) is 10.9 Å². The first-order valence-corrected chi connectivity index (χ1v) is 5.80. The average Bonchev–Trinajstić information content (AvgIpc) is 2.70. The molecule has 1 unspecified atom stereocenters. The predicted molar refractivity (Wildman–Crippen MR) is 69.1 cm³/mol. The highest BCUT2D eigenvalue weighted by molar-refractivity contribution is 5.98. The highest BCUT2D eigenvalue weighted by Crippen LogP contribution is 2.20. The summed E-state index contributed by atoms with van der Waals surface area (Å²) in [5.41, 5.74) is 1.06. The Bertz CT molecular complexity index is 633. The molecule has 0 bridgehead atoms. The smallest absolute Gasteiger partial charge is 0.305 e. The van der Waals surface area contributed by atoms with Crippen LogP contribution in [-0.4, -0.2) is 33.1 Å². The number of H-pyrrole nitrogens is 1. The largest absolute Gasteiger partial charge is 0.508 e. The molecule has 0 aliphatic heterocycles. The first kappa shape index (κ1) is 12.9. The first-order chi connectivity index (χ1) is 8.95. The number of aromatic hydroxyl groups is 1. The molecular formula is C13H14N2O4. The summed E-state index contributed by atoms with van der Waals surface area (Å²) in [5.74, 6) is -1.21. The van der Waals surface area contributed by atoms with Crippen molar-refractivity contribution in [1.82, 2.24) is 10.3 Å². The van der Waals surface area contributed by atoms with Gasteiger partial charge in [0.2, 0.25) is 0 Å². The van der Waals surface area contributed by atoms with Crippen molar-refractivity contribution < 1.29 is 19.8 Å².